The van der Waals surface area contributed by atoms with Crippen LogP contribution in [0.2, 0.25) is 0 Å². The molecule has 1 aliphatic rings. The van der Waals surface area contributed by atoms with Gasteiger partial charge in [-0.25, -0.2) is 9.59 Å². The van der Waals surface area contributed by atoms with Gasteiger partial charge in [-0.3, -0.25) is 0 Å². The lowest BCUT2D eigenvalue weighted by atomic mass is 9.85. The molecule has 1 aliphatic heterocycles. The van der Waals surface area contributed by atoms with E-state index >= 15 is 0 Å². The van der Waals surface area contributed by atoms with Gasteiger partial charge in [0, 0.05) is 13.1 Å². The zero-order valence-corrected chi connectivity index (χ0v) is 11.4. The maximum atomic E-state index is 13.2. The fourth-order valence-electron chi connectivity index (χ4n) is 2.67. The van der Waals surface area contributed by atoms with Gasteiger partial charge in [-0.15, -0.1) is 0 Å². The van der Waals surface area contributed by atoms with E-state index in [2.05, 4.69) is 0 Å². The molecule has 0 aliphatic carbocycles. The second-order valence-corrected chi connectivity index (χ2v) is 5.15. The van der Waals surface area contributed by atoms with Crippen LogP contribution in [0.4, 0.5) is 18.0 Å². The van der Waals surface area contributed by atoms with Crippen LogP contribution in [0.25, 0.3) is 0 Å². The molecule has 0 saturated carbocycles. The number of likely N-dealkylation sites (tertiary alicyclic amines) is 1. The highest BCUT2D eigenvalue weighted by Crippen LogP contribution is 2.39. The van der Waals surface area contributed by atoms with Gasteiger partial charge >= 0.3 is 18.2 Å². The fourth-order valence-corrected chi connectivity index (χ4v) is 2.67. The lowest BCUT2D eigenvalue weighted by molar-refractivity contribution is -0.138. The van der Waals surface area contributed by atoms with E-state index in [0.717, 1.165) is 11.0 Å². The third kappa shape index (κ3) is 3.32. The van der Waals surface area contributed by atoms with Gasteiger partial charge in [-0.1, -0.05) is 6.07 Å². The zero-order chi connectivity index (χ0) is 16.5. The Kier molecular flexibility index (Phi) is 4.30. The van der Waals surface area contributed by atoms with E-state index in [1.165, 1.54) is 6.07 Å². The Labute approximate surface area is 124 Å². The molecule has 120 valence electrons. The van der Waals surface area contributed by atoms with Crippen molar-refractivity contribution in [3.05, 3.63) is 34.9 Å². The Hall–Kier alpha value is -2.25. The Morgan fingerprint density at radius 1 is 1.14 bits per heavy atom. The van der Waals surface area contributed by atoms with Crippen molar-refractivity contribution in [2.24, 2.45) is 0 Å². The molecule has 0 spiro atoms. The molecule has 0 aromatic heterocycles. The van der Waals surface area contributed by atoms with Crippen molar-refractivity contribution < 1.29 is 33.0 Å². The highest BCUT2D eigenvalue weighted by Gasteiger charge is 2.37. The molecule has 1 fully saturated rings. The molecule has 0 bridgehead atoms. The van der Waals surface area contributed by atoms with Crippen LogP contribution >= 0.6 is 0 Å². The molecule has 2 N–H and O–H groups in total. The summed E-state index contributed by atoms with van der Waals surface area (Å²) in [5, 5.41) is 17.7. The largest absolute Gasteiger partial charge is 0.478 e. The zero-order valence-electron chi connectivity index (χ0n) is 11.4. The van der Waals surface area contributed by atoms with Gasteiger partial charge in [0.25, 0.3) is 0 Å². The minimum Gasteiger partial charge on any atom is -0.478 e. The third-order valence-electron chi connectivity index (χ3n) is 3.81. The van der Waals surface area contributed by atoms with Crippen LogP contribution in [0.3, 0.4) is 0 Å². The van der Waals surface area contributed by atoms with Crippen LogP contribution in [0, 0.1) is 0 Å². The maximum absolute atomic E-state index is 13.2. The number of halogens is 3. The fraction of sp³-hybridized carbons (Fsp3) is 0.429. The quantitative estimate of drug-likeness (QED) is 0.877. The normalized spacial score (nSPS) is 16.6. The third-order valence-corrected chi connectivity index (χ3v) is 3.81. The molecule has 0 radical (unpaired) electrons. The summed E-state index contributed by atoms with van der Waals surface area (Å²) in [4.78, 5) is 22.8. The lowest BCUT2D eigenvalue weighted by Gasteiger charge is -2.31. The van der Waals surface area contributed by atoms with Gasteiger partial charge in [-0.2, -0.15) is 13.2 Å². The van der Waals surface area contributed by atoms with Gasteiger partial charge < -0.3 is 15.1 Å². The Bertz CT molecular complexity index is 592. The summed E-state index contributed by atoms with van der Waals surface area (Å²) in [6.45, 7) is 0.329. The summed E-state index contributed by atoms with van der Waals surface area (Å²) in [6.07, 6.45) is -5.18. The lowest BCUT2D eigenvalue weighted by Crippen LogP contribution is -2.37. The second kappa shape index (κ2) is 5.86. The van der Waals surface area contributed by atoms with E-state index in [1.807, 2.05) is 0 Å². The number of hydrogen-bond acceptors (Lipinski definition) is 2. The summed E-state index contributed by atoms with van der Waals surface area (Å²) >= 11 is 0. The van der Waals surface area contributed by atoms with Crippen LogP contribution in [0.1, 0.15) is 40.2 Å². The van der Waals surface area contributed by atoms with E-state index in [0.29, 0.717) is 6.07 Å². The number of hydrogen-bond donors (Lipinski definition) is 2. The molecular weight excluding hydrogens is 303 g/mol. The molecule has 1 saturated heterocycles. The standard InChI is InChI=1S/C14H14F3NO4/c15-14(16,17)11-7-9(12(19)20)1-2-10(11)8-3-5-18(6-4-8)13(21)22/h1-2,7-8H,3-6H2,(H,19,20)(H,21,22). The minimum absolute atomic E-state index is 0.0301. The summed E-state index contributed by atoms with van der Waals surface area (Å²) in [6, 6.07) is 2.98. The molecule has 1 heterocycles. The number of benzene rings is 1. The molecule has 0 atom stereocenters. The van der Waals surface area contributed by atoms with Gasteiger partial charge in [0.15, 0.2) is 0 Å². The summed E-state index contributed by atoms with van der Waals surface area (Å²) < 4.78 is 39.5. The van der Waals surface area contributed by atoms with Crippen LogP contribution in [0.15, 0.2) is 18.2 Å². The minimum atomic E-state index is -4.65. The molecule has 2 rings (SSSR count). The summed E-state index contributed by atoms with van der Waals surface area (Å²) in [5.74, 6) is -1.85. The predicted molar refractivity (Wildman–Crippen MR) is 70.0 cm³/mol. The number of nitrogens with zero attached hydrogens (tertiary/aromatic N) is 1. The maximum Gasteiger partial charge on any atom is 0.416 e. The smallest absolute Gasteiger partial charge is 0.416 e. The number of alkyl halides is 3. The molecule has 22 heavy (non-hydrogen) atoms. The Morgan fingerprint density at radius 3 is 2.18 bits per heavy atom. The van der Waals surface area contributed by atoms with E-state index < -0.39 is 35.3 Å². The Balaban J connectivity index is 2.31. The van der Waals surface area contributed by atoms with Gasteiger partial charge in [0.05, 0.1) is 11.1 Å². The number of carboxylic acids is 1. The molecule has 1 aromatic rings. The second-order valence-electron chi connectivity index (χ2n) is 5.15. The van der Waals surface area contributed by atoms with Crippen LogP contribution in [-0.4, -0.2) is 40.3 Å². The van der Waals surface area contributed by atoms with Crippen LogP contribution < -0.4 is 0 Å². The van der Waals surface area contributed by atoms with E-state index in [9.17, 15) is 22.8 Å². The number of carboxylic acid groups (broad SMARTS) is 2. The molecule has 1 aromatic carbocycles. The van der Waals surface area contributed by atoms with Crippen LogP contribution in [0.5, 0.6) is 0 Å². The van der Waals surface area contributed by atoms with Crippen molar-refractivity contribution in [3.8, 4) is 0 Å². The molecular formula is C14H14F3NO4. The number of aromatic carboxylic acids is 1. The molecule has 8 heteroatoms. The van der Waals surface area contributed by atoms with E-state index in [-0.39, 0.29) is 31.5 Å². The molecule has 0 unspecified atom stereocenters. The monoisotopic (exact) mass is 317 g/mol. The molecule has 5 nitrogen and oxygen atoms in total. The van der Waals surface area contributed by atoms with Gasteiger partial charge in [-0.05, 0) is 36.5 Å². The number of carbonyl (C=O) groups is 2. The summed E-state index contributed by atoms with van der Waals surface area (Å²) in [5.41, 5.74) is -1.34. The summed E-state index contributed by atoms with van der Waals surface area (Å²) in [7, 11) is 0. The van der Waals surface area contributed by atoms with Gasteiger partial charge in [0.2, 0.25) is 0 Å². The van der Waals surface area contributed by atoms with Crippen LogP contribution in [-0.2, 0) is 6.18 Å². The van der Waals surface area contributed by atoms with Gasteiger partial charge in [0.1, 0.15) is 0 Å². The molecule has 1 amide bonds. The Morgan fingerprint density at radius 2 is 1.73 bits per heavy atom. The predicted octanol–water partition coefficient (Wildman–Crippen LogP) is 3.26. The SMILES string of the molecule is O=C(O)c1ccc(C2CCN(C(=O)O)CC2)c(C(F)(F)F)c1. The van der Waals surface area contributed by atoms with E-state index in [1.54, 1.807) is 0 Å². The number of amides is 1. The first-order valence-corrected chi connectivity index (χ1v) is 6.62. The highest BCUT2D eigenvalue weighted by atomic mass is 19.4. The average Bonchev–Trinajstić information content (AvgIpc) is 2.45. The first kappa shape index (κ1) is 16.1. The van der Waals surface area contributed by atoms with E-state index in [4.69, 9.17) is 10.2 Å². The van der Waals surface area contributed by atoms with Crippen molar-refractivity contribution in [1.82, 2.24) is 4.90 Å². The average molecular weight is 317 g/mol. The number of piperidine rings is 1. The first-order chi connectivity index (χ1) is 10.2. The van der Waals surface area contributed by atoms with Crippen molar-refractivity contribution >= 4 is 12.1 Å². The van der Waals surface area contributed by atoms with Crippen molar-refractivity contribution in [3.63, 3.8) is 0 Å². The van der Waals surface area contributed by atoms with Crippen molar-refractivity contribution in [2.75, 3.05) is 13.1 Å². The first-order valence-electron chi connectivity index (χ1n) is 6.62. The van der Waals surface area contributed by atoms with Crippen molar-refractivity contribution in [2.45, 2.75) is 24.9 Å². The highest BCUT2D eigenvalue weighted by molar-refractivity contribution is 5.88. The number of rotatable bonds is 2. The van der Waals surface area contributed by atoms with Crippen molar-refractivity contribution in [1.29, 1.82) is 0 Å². The topological polar surface area (TPSA) is 77.8 Å².